The molecule has 0 saturated carbocycles. The van der Waals surface area contributed by atoms with E-state index in [1.807, 2.05) is 30.3 Å². The first-order chi connectivity index (χ1) is 13.4. The number of aryl methyl sites for hydroxylation is 1. The minimum absolute atomic E-state index is 0.0559. The molecule has 2 aromatic rings. The van der Waals surface area contributed by atoms with Crippen molar-refractivity contribution in [2.45, 2.75) is 52.4 Å². The number of benzene rings is 2. The van der Waals surface area contributed by atoms with E-state index in [0.717, 1.165) is 24.0 Å². The highest BCUT2D eigenvalue weighted by atomic mass is 16.3. The third-order valence-corrected chi connectivity index (χ3v) is 5.96. The minimum atomic E-state index is -0.224. The lowest BCUT2D eigenvalue weighted by Crippen LogP contribution is -2.21. The summed E-state index contributed by atoms with van der Waals surface area (Å²) in [6.45, 7) is 6.53. The standard InChI is InChI=1S/C25H30O3/c1-16(2)19-11-9-17(3)15-21(19)20-12-14-23(27)24(25(20)28)22(26)13-10-18-7-5-4-6-8-18/h4-8,12,14-16,19,21,27-28H,9-11,13H2,1-3H3/t19-,21+/m0/s1. The summed E-state index contributed by atoms with van der Waals surface area (Å²) in [6.07, 6.45) is 5.20. The van der Waals surface area contributed by atoms with Gasteiger partial charge in [-0.3, -0.25) is 4.79 Å². The van der Waals surface area contributed by atoms with Crippen LogP contribution in [0.5, 0.6) is 11.5 Å². The van der Waals surface area contributed by atoms with Gasteiger partial charge in [-0.2, -0.15) is 0 Å². The number of phenols is 2. The zero-order valence-corrected chi connectivity index (χ0v) is 17.0. The monoisotopic (exact) mass is 378 g/mol. The molecule has 1 aliphatic rings. The maximum absolute atomic E-state index is 12.8. The number of Topliss-reactive ketones (excluding diaryl/α,β-unsaturated/α-hetero) is 1. The highest BCUT2D eigenvalue weighted by Gasteiger charge is 2.31. The highest BCUT2D eigenvalue weighted by molar-refractivity contribution is 6.01. The van der Waals surface area contributed by atoms with Crippen LogP contribution in [0.4, 0.5) is 0 Å². The van der Waals surface area contributed by atoms with Crippen LogP contribution in [-0.2, 0) is 6.42 Å². The maximum Gasteiger partial charge on any atom is 0.170 e. The molecule has 0 saturated heterocycles. The molecule has 3 rings (SSSR count). The lowest BCUT2D eigenvalue weighted by molar-refractivity contribution is 0.0977. The molecule has 0 unspecified atom stereocenters. The molecule has 3 heteroatoms. The fourth-order valence-electron chi connectivity index (χ4n) is 4.32. The molecule has 0 spiro atoms. The summed E-state index contributed by atoms with van der Waals surface area (Å²) in [6, 6.07) is 13.1. The van der Waals surface area contributed by atoms with Crippen molar-refractivity contribution in [3.63, 3.8) is 0 Å². The Bertz CT molecular complexity index is 865. The molecular formula is C25H30O3. The van der Waals surface area contributed by atoms with Crippen molar-refractivity contribution in [3.05, 3.63) is 70.8 Å². The van der Waals surface area contributed by atoms with Gasteiger partial charge in [0.2, 0.25) is 0 Å². The normalized spacial score (nSPS) is 19.5. The molecule has 0 heterocycles. The molecule has 0 aliphatic heterocycles. The van der Waals surface area contributed by atoms with Gasteiger partial charge in [0.1, 0.15) is 17.1 Å². The maximum atomic E-state index is 12.8. The molecule has 3 nitrogen and oxygen atoms in total. The van der Waals surface area contributed by atoms with Crippen molar-refractivity contribution < 1.29 is 15.0 Å². The number of phenolic OH excluding ortho intramolecular Hbond substituents is 2. The molecule has 2 atom stereocenters. The van der Waals surface area contributed by atoms with Gasteiger partial charge in [-0.25, -0.2) is 0 Å². The zero-order valence-electron chi connectivity index (χ0n) is 17.0. The Morgan fingerprint density at radius 2 is 1.82 bits per heavy atom. The summed E-state index contributed by atoms with van der Waals surface area (Å²) in [5.41, 5.74) is 3.19. The molecular weight excluding hydrogens is 348 g/mol. The Balaban J connectivity index is 1.91. The Labute approximate surface area is 167 Å². The van der Waals surface area contributed by atoms with Crippen LogP contribution in [0.25, 0.3) is 0 Å². The fraction of sp³-hybridized carbons (Fsp3) is 0.400. The van der Waals surface area contributed by atoms with Crippen LogP contribution in [0, 0.1) is 11.8 Å². The van der Waals surface area contributed by atoms with Gasteiger partial charge in [-0.05, 0) is 49.7 Å². The molecule has 0 bridgehead atoms. The van der Waals surface area contributed by atoms with Crippen LogP contribution in [0.3, 0.4) is 0 Å². The topological polar surface area (TPSA) is 57.5 Å². The van der Waals surface area contributed by atoms with E-state index in [1.165, 1.54) is 5.57 Å². The molecule has 1 aliphatic carbocycles. The van der Waals surface area contributed by atoms with E-state index >= 15 is 0 Å². The van der Waals surface area contributed by atoms with E-state index in [4.69, 9.17) is 0 Å². The van der Waals surface area contributed by atoms with Gasteiger partial charge in [0.25, 0.3) is 0 Å². The van der Waals surface area contributed by atoms with Gasteiger partial charge in [-0.1, -0.05) is 61.9 Å². The number of rotatable bonds is 6. The van der Waals surface area contributed by atoms with E-state index in [-0.39, 0.29) is 35.2 Å². The van der Waals surface area contributed by atoms with Crippen molar-refractivity contribution in [1.82, 2.24) is 0 Å². The quantitative estimate of drug-likeness (QED) is 0.478. The Morgan fingerprint density at radius 1 is 1.11 bits per heavy atom. The van der Waals surface area contributed by atoms with Crippen LogP contribution in [0.2, 0.25) is 0 Å². The van der Waals surface area contributed by atoms with Crippen molar-refractivity contribution in [3.8, 4) is 11.5 Å². The van der Waals surface area contributed by atoms with Gasteiger partial charge in [0.05, 0.1) is 0 Å². The minimum Gasteiger partial charge on any atom is -0.507 e. The Hall–Kier alpha value is -2.55. The first kappa shape index (κ1) is 20.2. The summed E-state index contributed by atoms with van der Waals surface area (Å²) in [5.74, 6) is 0.524. The predicted octanol–water partition coefficient (Wildman–Crippen LogP) is 6.01. The molecule has 28 heavy (non-hydrogen) atoms. The van der Waals surface area contributed by atoms with Crippen LogP contribution in [0.15, 0.2) is 54.1 Å². The van der Waals surface area contributed by atoms with Crippen molar-refractivity contribution in [2.75, 3.05) is 0 Å². The Kier molecular flexibility index (Phi) is 6.23. The number of carbonyl (C=O) groups is 1. The molecule has 0 radical (unpaired) electrons. The van der Waals surface area contributed by atoms with Gasteiger partial charge >= 0.3 is 0 Å². The second kappa shape index (κ2) is 8.64. The number of ketones is 1. The zero-order chi connectivity index (χ0) is 20.3. The first-order valence-electron chi connectivity index (χ1n) is 10.2. The average molecular weight is 379 g/mol. The van der Waals surface area contributed by atoms with E-state index in [9.17, 15) is 15.0 Å². The smallest absolute Gasteiger partial charge is 0.170 e. The van der Waals surface area contributed by atoms with Gasteiger partial charge in [0, 0.05) is 17.9 Å². The van der Waals surface area contributed by atoms with Gasteiger partial charge in [-0.15, -0.1) is 0 Å². The molecule has 0 fully saturated rings. The van der Waals surface area contributed by atoms with E-state index in [0.29, 0.717) is 18.3 Å². The first-order valence-corrected chi connectivity index (χ1v) is 10.2. The van der Waals surface area contributed by atoms with Crippen molar-refractivity contribution in [1.29, 1.82) is 0 Å². The van der Waals surface area contributed by atoms with Gasteiger partial charge < -0.3 is 10.2 Å². The van der Waals surface area contributed by atoms with Crippen molar-refractivity contribution >= 4 is 5.78 Å². The SMILES string of the molecule is CC1=C[C@@H](c2ccc(O)c(C(=O)CCc3ccccc3)c2O)[C@H](C(C)C)CC1. The third kappa shape index (κ3) is 4.30. The van der Waals surface area contributed by atoms with Crippen LogP contribution in [-0.4, -0.2) is 16.0 Å². The van der Waals surface area contributed by atoms with Crippen LogP contribution in [0.1, 0.15) is 67.4 Å². The molecule has 148 valence electrons. The summed E-state index contributed by atoms with van der Waals surface area (Å²) in [7, 11) is 0. The number of allylic oxidation sites excluding steroid dienone is 2. The predicted molar refractivity (Wildman–Crippen MR) is 113 cm³/mol. The number of hydrogen-bond donors (Lipinski definition) is 2. The van der Waals surface area contributed by atoms with Crippen molar-refractivity contribution in [2.24, 2.45) is 11.8 Å². The van der Waals surface area contributed by atoms with E-state index in [1.54, 1.807) is 12.1 Å². The fourth-order valence-corrected chi connectivity index (χ4v) is 4.32. The molecule has 2 aromatic carbocycles. The third-order valence-electron chi connectivity index (χ3n) is 5.96. The summed E-state index contributed by atoms with van der Waals surface area (Å²) < 4.78 is 0. The molecule has 2 N–H and O–H groups in total. The second-order valence-corrected chi connectivity index (χ2v) is 8.29. The van der Waals surface area contributed by atoms with Crippen LogP contribution < -0.4 is 0 Å². The molecule has 0 aromatic heterocycles. The van der Waals surface area contributed by atoms with Crippen LogP contribution >= 0.6 is 0 Å². The largest absolute Gasteiger partial charge is 0.507 e. The lowest BCUT2D eigenvalue weighted by atomic mass is 9.71. The second-order valence-electron chi connectivity index (χ2n) is 8.29. The van der Waals surface area contributed by atoms with E-state index < -0.39 is 0 Å². The molecule has 0 amide bonds. The summed E-state index contributed by atoms with van der Waals surface area (Å²) >= 11 is 0. The number of hydrogen-bond acceptors (Lipinski definition) is 3. The Morgan fingerprint density at radius 3 is 2.50 bits per heavy atom. The summed E-state index contributed by atoms with van der Waals surface area (Å²) in [5, 5.41) is 21.3. The number of carbonyl (C=O) groups excluding carboxylic acids is 1. The number of aromatic hydroxyl groups is 2. The van der Waals surface area contributed by atoms with E-state index in [2.05, 4.69) is 26.8 Å². The average Bonchev–Trinajstić information content (AvgIpc) is 2.67. The highest BCUT2D eigenvalue weighted by Crippen LogP contribution is 2.45. The lowest BCUT2D eigenvalue weighted by Gasteiger charge is -2.33. The summed E-state index contributed by atoms with van der Waals surface area (Å²) in [4.78, 5) is 12.8. The van der Waals surface area contributed by atoms with Gasteiger partial charge in [0.15, 0.2) is 5.78 Å².